The second-order valence-corrected chi connectivity index (χ2v) is 6.71. The van der Waals surface area contributed by atoms with Crippen LogP contribution >= 0.6 is 11.3 Å². The Labute approximate surface area is 144 Å². The van der Waals surface area contributed by atoms with Crippen molar-refractivity contribution in [2.75, 3.05) is 20.2 Å². The fraction of sp³-hybridized carbons (Fsp3) is 0.533. The summed E-state index contributed by atoms with van der Waals surface area (Å²) < 4.78 is 5.37. The van der Waals surface area contributed by atoms with Crippen molar-refractivity contribution < 1.29 is 14.4 Å². The van der Waals surface area contributed by atoms with E-state index in [0.29, 0.717) is 25.1 Å². The number of nitrogens with one attached hydrogen (secondary N) is 2. The highest BCUT2D eigenvalue weighted by Crippen LogP contribution is 2.31. The van der Waals surface area contributed by atoms with Crippen LogP contribution in [0, 0.1) is 0 Å². The van der Waals surface area contributed by atoms with E-state index < -0.39 is 0 Å². The lowest BCUT2D eigenvalue weighted by atomic mass is 10.1. The Morgan fingerprint density at radius 3 is 3.00 bits per heavy atom. The second-order valence-electron chi connectivity index (χ2n) is 5.82. The SMILES string of the molecule is CONNC1CC2=C(C(=O)OC(C)C)CN=C(c3nccs3)N2C1. The predicted octanol–water partition coefficient (Wildman–Crippen LogP) is 0.839. The summed E-state index contributed by atoms with van der Waals surface area (Å²) in [5, 5.41) is 2.77. The molecule has 1 aromatic rings. The molecule has 3 rings (SSSR count). The molecule has 1 saturated heterocycles. The van der Waals surface area contributed by atoms with Gasteiger partial charge in [-0.05, 0) is 13.8 Å². The van der Waals surface area contributed by atoms with Gasteiger partial charge < -0.3 is 9.64 Å². The highest BCUT2D eigenvalue weighted by Gasteiger charge is 2.37. The average molecular weight is 351 g/mol. The number of fused-ring (bicyclic) bond motifs is 1. The molecule has 0 radical (unpaired) electrons. The number of carbonyl (C=O) groups is 1. The van der Waals surface area contributed by atoms with Crippen molar-refractivity contribution in [1.29, 1.82) is 0 Å². The van der Waals surface area contributed by atoms with Crippen molar-refractivity contribution in [1.82, 2.24) is 20.9 Å². The Morgan fingerprint density at radius 1 is 1.50 bits per heavy atom. The zero-order chi connectivity index (χ0) is 17.1. The van der Waals surface area contributed by atoms with Gasteiger partial charge in [-0.15, -0.1) is 16.9 Å². The smallest absolute Gasteiger partial charge is 0.337 e. The lowest BCUT2D eigenvalue weighted by Gasteiger charge is -2.27. The molecule has 24 heavy (non-hydrogen) atoms. The van der Waals surface area contributed by atoms with Gasteiger partial charge in [-0.2, -0.15) is 0 Å². The van der Waals surface area contributed by atoms with Gasteiger partial charge in [-0.1, -0.05) is 0 Å². The van der Waals surface area contributed by atoms with E-state index in [-0.39, 0.29) is 18.1 Å². The molecule has 1 unspecified atom stereocenters. The molecule has 130 valence electrons. The molecule has 1 fully saturated rings. The maximum atomic E-state index is 12.4. The van der Waals surface area contributed by atoms with Gasteiger partial charge in [0.15, 0.2) is 10.8 Å². The molecule has 2 aliphatic heterocycles. The normalized spacial score (nSPS) is 20.4. The van der Waals surface area contributed by atoms with Gasteiger partial charge >= 0.3 is 5.97 Å². The number of aliphatic imine (C=N–C) groups is 1. The minimum absolute atomic E-state index is 0.0880. The van der Waals surface area contributed by atoms with E-state index in [9.17, 15) is 4.79 Å². The number of aromatic nitrogens is 1. The van der Waals surface area contributed by atoms with E-state index in [4.69, 9.17) is 9.57 Å². The summed E-state index contributed by atoms with van der Waals surface area (Å²) in [5.74, 6) is 0.509. The number of rotatable bonds is 6. The molecule has 0 aromatic carbocycles. The Morgan fingerprint density at radius 2 is 2.33 bits per heavy atom. The van der Waals surface area contributed by atoms with Crippen LogP contribution in [0.5, 0.6) is 0 Å². The van der Waals surface area contributed by atoms with Gasteiger partial charge in [0.2, 0.25) is 0 Å². The number of ether oxygens (including phenoxy) is 1. The number of amidine groups is 1. The molecule has 0 bridgehead atoms. The van der Waals surface area contributed by atoms with Crippen molar-refractivity contribution in [2.45, 2.75) is 32.4 Å². The number of hydrogen-bond donors (Lipinski definition) is 2. The van der Waals surface area contributed by atoms with E-state index in [2.05, 4.69) is 21.0 Å². The topological polar surface area (TPSA) is 88.1 Å². The standard InChI is InChI=1S/C15H21N5O3S/c1-9(2)23-15(21)11-7-17-13(14-16-4-5-24-14)20-8-10(6-12(11)20)18-19-22-3/h4-5,9-10,18-19H,6-8H2,1-3H3. The molecular weight excluding hydrogens is 330 g/mol. The van der Waals surface area contributed by atoms with Crippen molar-refractivity contribution in [3.8, 4) is 0 Å². The minimum atomic E-state index is -0.299. The number of hydrogen-bond acceptors (Lipinski definition) is 9. The van der Waals surface area contributed by atoms with Crippen LogP contribution in [0.3, 0.4) is 0 Å². The largest absolute Gasteiger partial charge is 0.460 e. The molecule has 2 aliphatic rings. The minimum Gasteiger partial charge on any atom is -0.460 e. The fourth-order valence-corrected chi connectivity index (χ4v) is 3.45. The van der Waals surface area contributed by atoms with Crippen LogP contribution in [0.2, 0.25) is 0 Å². The summed E-state index contributed by atoms with van der Waals surface area (Å²) in [6.45, 7) is 4.67. The number of thiazole rings is 1. The molecule has 0 spiro atoms. The van der Waals surface area contributed by atoms with Crippen molar-refractivity contribution in [3.63, 3.8) is 0 Å². The average Bonchev–Trinajstić information content (AvgIpc) is 3.20. The molecule has 8 nitrogen and oxygen atoms in total. The lowest BCUT2D eigenvalue weighted by Crippen LogP contribution is -2.42. The maximum absolute atomic E-state index is 12.4. The maximum Gasteiger partial charge on any atom is 0.337 e. The molecule has 0 amide bonds. The Hall–Kier alpha value is -1.81. The summed E-state index contributed by atoms with van der Waals surface area (Å²) in [7, 11) is 1.54. The van der Waals surface area contributed by atoms with Gasteiger partial charge in [0, 0.05) is 36.3 Å². The number of hydrazine groups is 1. The molecule has 2 N–H and O–H groups in total. The third kappa shape index (κ3) is 3.48. The van der Waals surface area contributed by atoms with Gasteiger partial charge in [0.1, 0.15) is 0 Å². The van der Waals surface area contributed by atoms with Gasteiger partial charge in [-0.25, -0.2) is 15.2 Å². The van der Waals surface area contributed by atoms with E-state index in [0.717, 1.165) is 16.5 Å². The van der Waals surface area contributed by atoms with Crippen LogP contribution in [0.25, 0.3) is 0 Å². The molecule has 1 atom stereocenters. The van der Waals surface area contributed by atoms with Crippen LogP contribution in [-0.2, 0) is 14.4 Å². The summed E-state index contributed by atoms with van der Waals surface area (Å²) in [4.78, 5) is 28.3. The van der Waals surface area contributed by atoms with Gasteiger partial charge in [0.05, 0.1) is 25.3 Å². The van der Waals surface area contributed by atoms with Crippen LogP contribution in [0.4, 0.5) is 0 Å². The van der Waals surface area contributed by atoms with E-state index in [1.165, 1.54) is 11.3 Å². The fourth-order valence-electron chi connectivity index (χ4n) is 2.79. The van der Waals surface area contributed by atoms with E-state index in [1.807, 2.05) is 24.1 Å². The molecule has 3 heterocycles. The molecule has 1 aromatic heterocycles. The van der Waals surface area contributed by atoms with Crippen LogP contribution in [0.15, 0.2) is 27.8 Å². The summed E-state index contributed by atoms with van der Waals surface area (Å²) in [6.07, 6.45) is 2.28. The summed E-state index contributed by atoms with van der Waals surface area (Å²) in [6, 6.07) is 0.0880. The molecule has 9 heteroatoms. The molecule has 0 saturated carbocycles. The lowest BCUT2D eigenvalue weighted by molar-refractivity contribution is -0.142. The predicted molar refractivity (Wildman–Crippen MR) is 90.2 cm³/mol. The third-order valence-corrected chi connectivity index (χ3v) is 4.51. The summed E-state index contributed by atoms with van der Waals surface area (Å²) >= 11 is 1.53. The van der Waals surface area contributed by atoms with E-state index >= 15 is 0 Å². The number of carbonyl (C=O) groups excluding carboxylic acids is 1. The number of esters is 1. The Kier molecular flexibility index (Phi) is 5.24. The molecular formula is C15H21N5O3S. The molecule has 0 aliphatic carbocycles. The number of nitrogens with zero attached hydrogens (tertiary/aromatic N) is 3. The Bertz CT molecular complexity index is 656. The van der Waals surface area contributed by atoms with Crippen molar-refractivity contribution in [3.05, 3.63) is 27.9 Å². The quantitative estimate of drug-likeness (QED) is 0.580. The van der Waals surface area contributed by atoms with E-state index in [1.54, 1.807) is 13.3 Å². The van der Waals surface area contributed by atoms with Gasteiger partial charge in [0.25, 0.3) is 0 Å². The Balaban J connectivity index is 1.87. The summed E-state index contributed by atoms with van der Waals surface area (Å²) in [5.41, 5.74) is 7.30. The highest BCUT2D eigenvalue weighted by atomic mass is 32.1. The first-order valence-electron chi connectivity index (χ1n) is 7.78. The monoisotopic (exact) mass is 351 g/mol. The van der Waals surface area contributed by atoms with Crippen molar-refractivity contribution in [2.24, 2.45) is 4.99 Å². The second kappa shape index (κ2) is 7.39. The highest BCUT2D eigenvalue weighted by molar-refractivity contribution is 7.11. The van der Waals surface area contributed by atoms with Crippen molar-refractivity contribution >= 4 is 23.1 Å². The van der Waals surface area contributed by atoms with Gasteiger partial charge in [-0.3, -0.25) is 9.83 Å². The zero-order valence-corrected chi connectivity index (χ0v) is 14.7. The first-order valence-corrected chi connectivity index (χ1v) is 8.66. The third-order valence-electron chi connectivity index (χ3n) is 3.74. The zero-order valence-electron chi connectivity index (χ0n) is 13.9. The van der Waals surface area contributed by atoms with Crippen LogP contribution < -0.4 is 11.0 Å². The van der Waals surface area contributed by atoms with Crippen LogP contribution in [-0.4, -0.2) is 54.0 Å². The first-order chi connectivity index (χ1) is 11.6. The first kappa shape index (κ1) is 17.0. The van der Waals surface area contributed by atoms with Crippen LogP contribution in [0.1, 0.15) is 25.3 Å².